The second kappa shape index (κ2) is 4.21. The van der Waals surface area contributed by atoms with Crippen molar-refractivity contribution in [2.45, 2.75) is 13.5 Å². The van der Waals surface area contributed by atoms with E-state index in [9.17, 15) is 4.79 Å². The number of rotatable bonds is 2. The Kier molecular flexibility index (Phi) is 3.22. The van der Waals surface area contributed by atoms with Crippen LogP contribution in [0.2, 0.25) is 0 Å². The third kappa shape index (κ3) is 3.00. The van der Waals surface area contributed by atoms with Crippen molar-refractivity contribution in [3.05, 3.63) is 28.5 Å². The van der Waals surface area contributed by atoms with Gasteiger partial charge in [-0.3, -0.25) is 4.79 Å². The van der Waals surface area contributed by atoms with Gasteiger partial charge in [0.15, 0.2) is 0 Å². The highest BCUT2D eigenvalue weighted by atomic mass is 79.9. The van der Waals surface area contributed by atoms with Crippen LogP contribution in [0.1, 0.15) is 12.6 Å². The van der Waals surface area contributed by atoms with Gasteiger partial charge in [-0.25, -0.2) is 4.98 Å². The van der Waals surface area contributed by atoms with Gasteiger partial charge in [0.1, 0.15) is 11.2 Å². The minimum atomic E-state index is -0.295. The van der Waals surface area contributed by atoms with Crippen LogP contribution in [0.3, 0.4) is 0 Å². The van der Waals surface area contributed by atoms with Crippen LogP contribution in [0.25, 0.3) is 0 Å². The van der Waals surface area contributed by atoms with E-state index in [0.717, 1.165) is 10.3 Å². The fourth-order valence-electron chi connectivity index (χ4n) is 0.706. The molecule has 0 saturated carbocycles. The molecule has 0 amide bonds. The van der Waals surface area contributed by atoms with Crippen LogP contribution in [0.5, 0.6) is 0 Å². The summed E-state index contributed by atoms with van der Waals surface area (Å²) in [5.41, 5.74) is 0.736. The topological polar surface area (TPSA) is 39.2 Å². The van der Waals surface area contributed by atoms with E-state index >= 15 is 0 Å². The molecule has 1 aromatic heterocycles. The third-order valence-electron chi connectivity index (χ3n) is 1.20. The van der Waals surface area contributed by atoms with E-state index in [2.05, 4.69) is 20.9 Å². The molecular formula is C8H8BrNO2. The predicted octanol–water partition coefficient (Wildman–Crippen LogP) is 1.91. The number of aromatic nitrogens is 1. The van der Waals surface area contributed by atoms with Gasteiger partial charge in [-0.2, -0.15) is 0 Å². The van der Waals surface area contributed by atoms with Gasteiger partial charge >= 0.3 is 5.97 Å². The van der Waals surface area contributed by atoms with Gasteiger partial charge in [-0.1, -0.05) is 6.07 Å². The standard InChI is InChI=1S/C8H8BrNO2/c1-6(11)12-5-7-3-2-4-8(9)10-7/h2-4H,5H2,1H3. The number of halogens is 1. The number of carbonyl (C=O) groups excluding carboxylic acids is 1. The number of pyridine rings is 1. The second-order valence-corrected chi connectivity index (χ2v) is 3.04. The van der Waals surface area contributed by atoms with Crippen molar-refractivity contribution >= 4 is 21.9 Å². The number of nitrogens with zero attached hydrogens (tertiary/aromatic N) is 1. The van der Waals surface area contributed by atoms with Gasteiger partial charge < -0.3 is 4.74 Å². The largest absolute Gasteiger partial charge is 0.459 e. The lowest BCUT2D eigenvalue weighted by molar-refractivity contribution is -0.142. The number of carbonyl (C=O) groups is 1. The summed E-state index contributed by atoms with van der Waals surface area (Å²) < 4.78 is 5.50. The molecule has 0 N–H and O–H groups in total. The quantitative estimate of drug-likeness (QED) is 0.575. The average Bonchev–Trinajstić information content (AvgIpc) is 2.01. The van der Waals surface area contributed by atoms with E-state index in [-0.39, 0.29) is 12.6 Å². The lowest BCUT2D eigenvalue weighted by atomic mass is 10.4. The summed E-state index contributed by atoms with van der Waals surface area (Å²) in [7, 11) is 0. The van der Waals surface area contributed by atoms with Crippen molar-refractivity contribution in [3.8, 4) is 0 Å². The molecule has 0 saturated heterocycles. The molecule has 0 aliphatic heterocycles. The van der Waals surface area contributed by atoms with Crippen molar-refractivity contribution in [1.29, 1.82) is 0 Å². The molecule has 0 aliphatic rings. The molecule has 0 aromatic carbocycles. The van der Waals surface area contributed by atoms with E-state index in [0.29, 0.717) is 0 Å². The molecule has 1 aromatic rings. The van der Waals surface area contributed by atoms with E-state index in [1.54, 1.807) is 6.07 Å². The van der Waals surface area contributed by atoms with E-state index in [1.807, 2.05) is 12.1 Å². The summed E-state index contributed by atoms with van der Waals surface area (Å²) in [6.45, 7) is 1.60. The lowest BCUT2D eigenvalue weighted by Gasteiger charge is -2.00. The van der Waals surface area contributed by atoms with Gasteiger partial charge in [-0.05, 0) is 28.1 Å². The highest BCUT2D eigenvalue weighted by Crippen LogP contribution is 2.06. The Hall–Kier alpha value is -0.900. The summed E-state index contributed by atoms with van der Waals surface area (Å²) in [5.74, 6) is -0.295. The van der Waals surface area contributed by atoms with Crippen LogP contribution >= 0.6 is 15.9 Å². The minimum absolute atomic E-state index is 0.231. The maximum absolute atomic E-state index is 10.4. The third-order valence-corrected chi connectivity index (χ3v) is 1.64. The average molecular weight is 230 g/mol. The molecule has 12 heavy (non-hydrogen) atoms. The molecule has 1 heterocycles. The van der Waals surface area contributed by atoms with Gasteiger partial charge in [0.05, 0.1) is 5.69 Å². The first kappa shape index (κ1) is 9.19. The zero-order valence-corrected chi connectivity index (χ0v) is 8.17. The van der Waals surface area contributed by atoms with Gasteiger partial charge in [-0.15, -0.1) is 0 Å². The molecular weight excluding hydrogens is 222 g/mol. The van der Waals surface area contributed by atoms with Gasteiger partial charge in [0.25, 0.3) is 0 Å². The molecule has 64 valence electrons. The number of hydrogen-bond donors (Lipinski definition) is 0. The Morgan fingerprint density at radius 2 is 2.42 bits per heavy atom. The van der Waals surface area contributed by atoms with Crippen molar-refractivity contribution < 1.29 is 9.53 Å². The lowest BCUT2D eigenvalue weighted by Crippen LogP contribution is -2.00. The van der Waals surface area contributed by atoms with Gasteiger partial charge in [0, 0.05) is 6.92 Å². The van der Waals surface area contributed by atoms with E-state index in [4.69, 9.17) is 4.74 Å². The molecule has 0 atom stereocenters. The minimum Gasteiger partial charge on any atom is -0.459 e. The monoisotopic (exact) mass is 229 g/mol. The number of hydrogen-bond acceptors (Lipinski definition) is 3. The smallest absolute Gasteiger partial charge is 0.303 e. The normalized spacial score (nSPS) is 9.50. The molecule has 0 aliphatic carbocycles. The molecule has 0 bridgehead atoms. The zero-order chi connectivity index (χ0) is 8.97. The fourth-order valence-corrected chi connectivity index (χ4v) is 1.09. The van der Waals surface area contributed by atoms with Crippen LogP contribution in [-0.2, 0) is 16.1 Å². The fraction of sp³-hybridized carbons (Fsp3) is 0.250. The van der Waals surface area contributed by atoms with Gasteiger partial charge in [0.2, 0.25) is 0 Å². The summed E-state index contributed by atoms with van der Waals surface area (Å²) >= 11 is 3.22. The Morgan fingerprint density at radius 1 is 1.67 bits per heavy atom. The molecule has 0 radical (unpaired) electrons. The zero-order valence-electron chi connectivity index (χ0n) is 6.58. The molecule has 1 rings (SSSR count). The van der Waals surface area contributed by atoms with Crippen LogP contribution in [0.15, 0.2) is 22.8 Å². The predicted molar refractivity (Wildman–Crippen MR) is 47.4 cm³/mol. The maximum atomic E-state index is 10.4. The first-order chi connectivity index (χ1) is 5.68. The molecule has 4 heteroatoms. The highest BCUT2D eigenvalue weighted by Gasteiger charge is 1.97. The molecule has 3 nitrogen and oxygen atoms in total. The van der Waals surface area contributed by atoms with Crippen molar-refractivity contribution in [2.24, 2.45) is 0 Å². The van der Waals surface area contributed by atoms with Crippen LogP contribution < -0.4 is 0 Å². The first-order valence-electron chi connectivity index (χ1n) is 3.43. The van der Waals surface area contributed by atoms with E-state index < -0.39 is 0 Å². The Labute approximate surface area is 78.9 Å². The molecule has 0 spiro atoms. The maximum Gasteiger partial charge on any atom is 0.303 e. The van der Waals surface area contributed by atoms with Crippen molar-refractivity contribution in [1.82, 2.24) is 4.98 Å². The molecule has 0 unspecified atom stereocenters. The molecule has 0 fully saturated rings. The summed E-state index contributed by atoms with van der Waals surface area (Å²) in [5, 5.41) is 0. The van der Waals surface area contributed by atoms with Crippen LogP contribution in [0, 0.1) is 0 Å². The SMILES string of the molecule is CC(=O)OCc1cccc(Br)n1. The summed E-state index contributed by atoms with van der Waals surface area (Å²) in [6.07, 6.45) is 0. The Balaban J connectivity index is 2.57. The summed E-state index contributed by atoms with van der Waals surface area (Å²) in [4.78, 5) is 14.5. The van der Waals surface area contributed by atoms with Crippen molar-refractivity contribution in [2.75, 3.05) is 0 Å². The van der Waals surface area contributed by atoms with Crippen LogP contribution in [-0.4, -0.2) is 11.0 Å². The highest BCUT2D eigenvalue weighted by molar-refractivity contribution is 9.10. The summed E-state index contributed by atoms with van der Waals surface area (Å²) in [6, 6.07) is 5.46. The number of esters is 1. The van der Waals surface area contributed by atoms with Crippen LogP contribution in [0.4, 0.5) is 0 Å². The second-order valence-electron chi connectivity index (χ2n) is 2.23. The number of ether oxygens (including phenoxy) is 1. The Bertz CT molecular complexity index is 288. The Morgan fingerprint density at radius 3 is 3.00 bits per heavy atom. The van der Waals surface area contributed by atoms with Crippen molar-refractivity contribution in [3.63, 3.8) is 0 Å². The van der Waals surface area contributed by atoms with E-state index in [1.165, 1.54) is 6.92 Å². The first-order valence-corrected chi connectivity index (χ1v) is 4.22.